The van der Waals surface area contributed by atoms with E-state index in [1.54, 1.807) is 0 Å². The van der Waals surface area contributed by atoms with Gasteiger partial charge >= 0.3 is 15.5 Å². The Kier molecular flexibility index (Phi) is 5.32. The molecule has 30 heavy (non-hydrogen) atoms. The van der Waals surface area contributed by atoms with Gasteiger partial charge in [0.1, 0.15) is 17.7 Å². The van der Waals surface area contributed by atoms with E-state index in [-0.39, 0.29) is 31.3 Å². The molecule has 6 nitrogen and oxygen atoms in total. The van der Waals surface area contributed by atoms with E-state index >= 15 is 0 Å². The molecule has 2 N–H and O–H groups in total. The van der Waals surface area contributed by atoms with Crippen molar-refractivity contribution in [3.05, 3.63) is 46.7 Å². The van der Waals surface area contributed by atoms with Gasteiger partial charge in [-0.15, -0.1) is 0 Å². The van der Waals surface area contributed by atoms with Gasteiger partial charge in [0.05, 0.1) is 19.2 Å². The van der Waals surface area contributed by atoms with Gasteiger partial charge in [0.25, 0.3) is 0 Å². The summed E-state index contributed by atoms with van der Waals surface area (Å²) in [6.07, 6.45) is -0.0604. The fourth-order valence-electron chi connectivity index (χ4n) is 4.38. The summed E-state index contributed by atoms with van der Waals surface area (Å²) < 4.78 is 95.8. The second kappa shape index (κ2) is 7.43. The third-order valence-electron chi connectivity index (χ3n) is 5.84. The number of hydrogen-bond donors (Lipinski definition) is 1. The van der Waals surface area contributed by atoms with E-state index in [1.165, 1.54) is 0 Å². The highest BCUT2D eigenvalue weighted by Gasteiger charge is 2.53. The zero-order chi connectivity index (χ0) is 21.8. The lowest BCUT2D eigenvalue weighted by Gasteiger charge is -2.40. The van der Waals surface area contributed by atoms with Crippen LogP contribution >= 0.6 is 0 Å². The van der Waals surface area contributed by atoms with Crippen LogP contribution in [0.25, 0.3) is 0 Å². The first kappa shape index (κ1) is 21.5. The first-order valence-corrected chi connectivity index (χ1v) is 10.8. The first-order chi connectivity index (χ1) is 14.0. The Balaban J connectivity index is 1.46. The molecule has 0 saturated carbocycles. The second-order valence-corrected chi connectivity index (χ2v) is 9.62. The van der Waals surface area contributed by atoms with E-state index < -0.39 is 39.3 Å². The van der Waals surface area contributed by atoms with Crippen LogP contribution in [0, 0.1) is 11.6 Å². The molecular formula is C18H20F5N3O3S. The number of rotatable bonds is 3. The van der Waals surface area contributed by atoms with Crippen LogP contribution in [0.5, 0.6) is 0 Å². The third kappa shape index (κ3) is 3.59. The molecule has 166 valence electrons. The molecule has 0 aliphatic carbocycles. The molecule has 0 aromatic heterocycles. The van der Waals surface area contributed by atoms with Crippen molar-refractivity contribution in [1.82, 2.24) is 9.21 Å². The molecule has 12 heteroatoms. The van der Waals surface area contributed by atoms with Gasteiger partial charge in [0, 0.05) is 30.4 Å². The van der Waals surface area contributed by atoms with Crippen LogP contribution in [0.15, 0.2) is 29.5 Å². The van der Waals surface area contributed by atoms with Crippen molar-refractivity contribution in [2.75, 3.05) is 26.2 Å². The molecule has 3 aliphatic heterocycles. The molecule has 1 aromatic carbocycles. The topological polar surface area (TPSA) is 75.9 Å². The van der Waals surface area contributed by atoms with E-state index in [0.717, 1.165) is 18.2 Å². The predicted octanol–water partition coefficient (Wildman–Crippen LogP) is 2.25. The Labute approximate surface area is 170 Å². The van der Waals surface area contributed by atoms with E-state index in [4.69, 9.17) is 10.5 Å². The lowest BCUT2D eigenvalue weighted by Crippen LogP contribution is -2.49. The maximum absolute atomic E-state index is 14.1. The van der Waals surface area contributed by atoms with Gasteiger partial charge in [-0.1, -0.05) is 0 Å². The summed E-state index contributed by atoms with van der Waals surface area (Å²) in [6, 6.07) is 2.07. The molecule has 1 fully saturated rings. The highest BCUT2D eigenvalue weighted by Crippen LogP contribution is 2.39. The highest BCUT2D eigenvalue weighted by atomic mass is 32.2. The maximum atomic E-state index is 14.1. The maximum Gasteiger partial charge on any atom is 0.511 e. The molecule has 3 unspecified atom stereocenters. The van der Waals surface area contributed by atoms with Gasteiger partial charge < -0.3 is 15.4 Å². The Morgan fingerprint density at radius 3 is 2.57 bits per heavy atom. The normalized spacial score (nSPS) is 28.3. The lowest BCUT2D eigenvalue weighted by molar-refractivity contribution is -0.0494. The number of ether oxygens (including phenoxy) is 1. The molecule has 1 saturated heterocycles. The first-order valence-electron chi connectivity index (χ1n) is 9.35. The SMILES string of the molecule is NC1CC(N2CCC3=C2CN(S(=O)(=O)C(F)(F)F)C3)COC1c1cc(F)ccc1F. The molecule has 3 atom stereocenters. The van der Waals surface area contributed by atoms with Crippen LogP contribution in [-0.2, 0) is 14.8 Å². The van der Waals surface area contributed by atoms with E-state index in [0.29, 0.717) is 35.0 Å². The average Bonchev–Trinajstić information content (AvgIpc) is 3.24. The van der Waals surface area contributed by atoms with Gasteiger partial charge in [-0.05, 0) is 36.6 Å². The number of halogens is 5. The number of nitrogens with two attached hydrogens (primary N) is 1. The molecule has 1 aromatic rings. The quantitative estimate of drug-likeness (QED) is 0.711. The van der Waals surface area contributed by atoms with Crippen LogP contribution < -0.4 is 5.73 Å². The molecule has 0 bridgehead atoms. The Bertz CT molecular complexity index is 982. The van der Waals surface area contributed by atoms with Crippen molar-refractivity contribution in [2.45, 2.75) is 36.5 Å². The number of sulfonamides is 1. The van der Waals surface area contributed by atoms with Crippen LogP contribution in [0.1, 0.15) is 24.5 Å². The molecule has 0 amide bonds. The van der Waals surface area contributed by atoms with Crippen LogP contribution in [-0.4, -0.2) is 61.5 Å². The van der Waals surface area contributed by atoms with Gasteiger partial charge in [-0.3, -0.25) is 0 Å². The Morgan fingerprint density at radius 1 is 1.17 bits per heavy atom. The lowest BCUT2D eigenvalue weighted by atomic mass is 9.93. The minimum Gasteiger partial charge on any atom is -0.370 e. The fraction of sp³-hybridized carbons (Fsp3) is 0.556. The summed E-state index contributed by atoms with van der Waals surface area (Å²) in [4.78, 5) is 1.83. The van der Waals surface area contributed by atoms with Crippen molar-refractivity contribution in [3.8, 4) is 0 Å². The van der Waals surface area contributed by atoms with E-state index in [2.05, 4.69) is 0 Å². The summed E-state index contributed by atoms with van der Waals surface area (Å²) in [6.45, 7) is -0.0171. The van der Waals surface area contributed by atoms with Gasteiger partial charge in [0.2, 0.25) is 0 Å². The zero-order valence-corrected chi connectivity index (χ0v) is 16.5. The molecule has 3 heterocycles. The number of nitrogens with zero attached hydrogens (tertiary/aromatic N) is 2. The average molecular weight is 453 g/mol. The van der Waals surface area contributed by atoms with Gasteiger partial charge in [-0.2, -0.15) is 17.5 Å². The summed E-state index contributed by atoms with van der Waals surface area (Å²) in [7, 11) is -5.40. The monoisotopic (exact) mass is 453 g/mol. The predicted molar refractivity (Wildman–Crippen MR) is 96.3 cm³/mol. The smallest absolute Gasteiger partial charge is 0.370 e. The number of hydrogen-bond acceptors (Lipinski definition) is 5. The standard InChI is InChI=1S/C18H20F5N3O3S/c19-11-1-2-14(20)13(5-11)17-15(24)6-12(9-29-17)26-4-3-10-7-25(8-16(10)26)30(27,28)18(21,22)23/h1-2,5,12,15,17H,3-4,6-9,24H2. The van der Waals surface area contributed by atoms with E-state index in [9.17, 15) is 30.4 Å². The highest BCUT2D eigenvalue weighted by molar-refractivity contribution is 7.90. The summed E-state index contributed by atoms with van der Waals surface area (Å²) in [5, 5.41) is 0. The van der Waals surface area contributed by atoms with Crippen molar-refractivity contribution in [2.24, 2.45) is 5.73 Å². The third-order valence-corrected chi connectivity index (χ3v) is 7.36. The summed E-state index contributed by atoms with van der Waals surface area (Å²) in [5.41, 5.74) is 2.02. The fourth-order valence-corrected chi connectivity index (χ4v) is 5.29. The molecular weight excluding hydrogens is 433 g/mol. The van der Waals surface area contributed by atoms with Gasteiger partial charge in [0.15, 0.2) is 0 Å². The van der Waals surface area contributed by atoms with Crippen molar-refractivity contribution in [1.29, 1.82) is 0 Å². The molecule has 0 radical (unpaired) electrons. The minimum atomic E-state index is -5.40. The molecule has 0 spiro atoms. The van der Waals surface area contributed by atoms with Crippen molar-refractivity contribution >= 4 is 10.0 Å². The van der Waals surface area contributed by atoms with Crippen LogP contribution in [0.4, 0.5) is 22.0 Å². The Hall–Kier alpha value is -1.76. The molecule has 3 aliphatic rings. The van der Waals surface area contributed by atoms with Gasteiger partial charge in [-0.25, -0.2) is 17.2 Å². The summed E-state index contributed by atoms with van der Waals surface area (Å²) in [5.74, 6) is -1.25. The summed E-state index contributed by atoms with van der Waals surface area (Å²) >= 11 is 0. The Morgan fingerprint density at radius 2 is 1.90 bits per heavy atom. The molecule has 4 rings (SSSR count). The van der Waals surface area contributed by atoms with Crippen LogP contribution in [0.3, 0.4) is 0 Å². The second-order valence-electron chi connectivity index (χ2n) is 7.69. The van der Waals surface area contributed by atoms with E-state index in [1.807, 2.05) is 4.90 Å². The van der Waals surface area contributed by atoms with Crippen molar-refractivity contribution < 1.29 is 35.1 Å². The largest absolute Gasteiger partial charge is 0.511 e. The number of benzene rings is 1. The minimum absolute atomic E-state index is 0.0191. The van der Waals surface area contributed by atoms with Crippen molar-refractivity contribution in [3.63, 3.8) is 0 Å². The number of alkyl halides is 3. The zero-order valence-electron chi connectivity index (χ0n) is 15.7. The van der Waals surface area contributed by atoms with Crippen LogP contribution in [0.2, 0.25) is 0 Å².